The molecule has 0 amide bonds. The van der Waals surface area contributed by atoms with Crippen molar-refractivity contribution in [1.29, 1.82) is 5.26 Å². The van der Waals surface area contributed by atoms with E-state index in [2.05, 4.69) is 151 Å². The minimum Gasteiger partial charge on any atom is -0.409 e. The average Bonchev–Trinajstić information content (AvgIpc) is 1.10. The van der Waals surface area contributed by atoms with E-state index in [1.807, 2.05) is 50.2 Å². The Kier molecular flexibility index (Phi) is 21.8. The van der Waals surface area contributed by atoms with E-state index in [0.29, 0.717) is 57.3 Å². The maximum Gasteiger partial charge on any atom is 0.349 e. The number of H-pyrrole nitrogens is 1. The van der Waals surface area contributed by atoms with Crippen LogP contribution in [0.5, 0.6) is 0 Å². The number of carbonyl (C=O) groups excluding carboxylic acids is 1. The predicted molar refractivity (Wildman–Crippen MR) is 363 cm³/mol. The summed E-state index contributed by atoms with van der Waals surface area (Å²) in [5.41, 5.74) is 27.1. The molecule has 5 aliphatic carbocycles. The minimum absolute atomic E-state index is 0.107. The molecule has 5 aromatic carbocycles. The molecule has 6 heterocycles. The number of benzene rings is 5. The molecule has 0 fully saturated rings. The summed E-state index contributed by atoms with van der Waals surface area (Å²) in [5, 5.41) is 33.1. The van der Waals surface area contributed by atoms with Crippen LogP contribution in [0.2, 0.25) is 0 Å². The van der Waals surface area contributed by atoms with Crippen LogP contribution in [0.1, 0.15) is 102 Å². The highest BCUT2D eigenvalue weighted by molar-refractivity contribution is 6.26. The summed E-state index contributed by atoms with van der Waals surface area (Å²) in [7, 11) is 0. The van der Waals surface area contributed by atoms with Crippen LogP contribution < -0.4 is 22.6 Å². The van der Waals surface area contributed by atoms with Gasteiger partial charge in [0.15, 0.2) is 22.9 Å². The first-order valence-electron chi connectivity index (χ1n) is 31.4. The molecule has 16 rings (SSSR count). The molecule has 22 nitrogen and oxygen atoms in total. The van der Waals surface area contributed by atoms with Gasteiger partial charge in [0.25, 0.3) is 11.1 Å². The molecular formula is C72H69Cl2N15O7. The number of amidine groups is 2. The zero-order chi connectivity index (χ0) is 67.1. The highest BCUT2D eigenvalue weighted by atomic mass is 35.5. The second kappa shape index (κ2) is 31.4. The second-order valence-electron chi connectivity index (χ2n) is 23.9. The molecule has 0 unspecified atom stereocenters. The van der Waals surface area contributed by atoms with E-state index in [-0.39, 0.29) is 53.1 Å². The molecule has 11 aromatic rings. The van der Waals surface area contributed by atoms with Crippen LogP contribution in [0.3, 0.4) is 0 Å². The Bertz CT molecular complexity index is 4660. The maximum absolute atomic E-state index is 12.8. The summed E-state index contributed by atoms with van der Waals surface area (Å²) >= 11 is 10.9. The zero-order valence-electron chi connectivity index (χ0n) is 52.8. The summed E-state index contributed by atoms with van der Waals surface area (Å²) in [5.74, 6) is 3.64. The molecule has 0 bridgehead atoms. The van der Waals surface area contributed by atoms with Crippen LogP contribution in [0.4, 0.5) is 0 Å². The van der Waals surface area contributed by atoms with Crippen LogP contribution >= 0.6 is 23.2 Å². The lowest BCUT2D eigenvalue weighted by molar-refractivity contribution is -0.140. The Morgan fingerprint density at radius 1 is 0.604 bits per heavy atom. The van der Waals surface area contributed by atoms with E-state index in [0.717, 1.165) is 81.2 Å². The van der Waals surface area contributed by atoms with Gasteiger partial charge in [-0.15, -0.1) is 23.2 Å². The quantitative estimate of drug-likeness (QED) is 0.0261. The van der Waals surface area contributed by atoms with Gasteiger partial charge in [0.05, 0.1) is 29.1 Å². The molecule has 0 saturated carbocycles. The summed E-state index contributed by atoms with van der Waals surface area (Å²) in [6, 6.07) is 47.5. The van der Waals surface area contributed by atoms with Gasteiger partial charge >= 0.3 is 5.97 Å². The number of aromatic amines is 1. The van der Waals surface area contributed by atoms with Gasteiger partial charge in [-0.05, 0) is 157 Å². The number of nitrogens with one attached hydrogen (secondary N) is 1. The van der Waals surface area contributed by atoms with Gasteiger partial charge in [-0.1, -0.05) is 142 Å². The fraction of sp³-hybridized carbons (Fsp3) is 0.278. The van der Waals surface area contributed by atoms with Crippen molar-refractivity contribution < 1.29 is 23.9 Å². The lowest BCUT2D eigenvalue weighted by Gasteiger charge is -2.06. The number of nitrogens with two attached hydrogens (primary N) is 2. The van der Waals surface area contributed by atoms with Gasteiger partial charge in [-0.3, -0.25) is 14.2 Å². The number of hydrogen-bond donors (Lipinski definition) is 4. The normalized spacial score (nSPS) is 14.7. The fourth-order valence-corrected chi connectivity index (χ4v) is 12.7. The van der Waals surface area contributed by atoms with E-state index in [4.69, 9.17) is 54.2 Å². The second-order valence-corrected chi connectivity index (χ2v) is 24.5. The van der Waals surface area contributed by atoms with Crippen LogP contribution in [0.15, 0.2) is 187 Å². The Morgan fingerprint density at radius 2 is 1.02 bits per heavy atom. The SMILES string of the molecule is Cc1ccnc2nc[nH]c(=O)c12.Cc1ccnc2ncn(Cc3nc(C4Cc5ccccc5C4)no3)c(=O)c12.ClCc1nc(C2Cc3ccccc3C2)no1.N#CC1Cc2ccccc2C1.N/C(=N\O)C1Cc2ccccc2C1.N/C(=N\OC(=O)CCl)C1Cc2ccccc2C1. The van der Waals surface area contributed by atoms with Crippen molar-refractivity contribution in [3.63, 3.8) is 0 Å². The summed E-state index contributed by atoms with van der Waals surface area (Å²) in [6.45, 7) is 3.93. The van der Waals surface area contributed by atoms with E-state index in [1.54, 1.807) is 24.5 Å². The number of aryl methyl sites for hydroxylation is 2. The topological polar surface area (TPSA) is 331 Å². The molecular weight excluding hydrogens is 1260 g/mol. The molecule has 488 valence electrons. The fourth-order valence-electron chi connectivity index (χ4n) is 12.6. The number of carbonyl (C=O) groups is 1. The van der Waals surface area contributed by atoms with Crippen LogP contribution in [0.25, 0.3) is 22.1 Å². The smallest absolute Gasteiger partial charge is 0.349 e. The summed E-state index contributed by atoms with van der Waals surface area (Å²) in [4.78, 5) is 67.1. The van der Waals surface area contributed by atoms with Crippen molar-refractivity contribution in [1.82, 2.24) is 49.8 Å². The number of halogens is 2. The van der Waals surface area contributed by atoms with E-state index >= 15 is 0 Å². The molecule has 6 N–H and O–H groups in total. The highest BCUT2D eigenvalue weighted by Gasteiger charge is 2.29. The molecule has 6 aromatic heterocycles. The predicted octanol–water partition coefficient (Wildman–Crippen LogP) is 10.3. The molecule has 0 aliphatic heterocycles. The lowest BCUT2D eigenvalue weighted by Crippen LogP contribution is -2.25. The molecule has 0 radical (unpaired) electrons. The van der Waals surface area contributed by atoms with E-state index in [1.165, 1.54) is 72.9 Å². The number of hydrogen-bond acceptors (Lipinski definition) is 18. The van der Waals surface area contributed by atoms with Gasteiger partial charge < -0.3 is 35.5 Å². The van der Waals surface area contributed by atoms with E-state index in [9.17, 15) is 14.4 Å². The molecule has 96 heavy (non-hydrogen) atoms. The number of nitrogens with zero attached hydrogens (tertiary/aromatic N) is 12. The number of pyridine rings is 2. The first-order chi connectivity index (χ1) is 46.7. The Morgan fingerprint density at radius 3 is 1.45 bits per heavy atom. The van der Waals surface area contributed by atoms with E-state index < -0.39 is 5.97 Å². The Labute approximate surface area is 562 Å². The molecule has 24 heteroatoms. The third-order valence-electron chi connectivity index (χ3n) is 17.6. The van der Waals surface area contributed by atoms with Crippen molar-refractivity contribution in [3.8, 4) is 6.07 Å². The van der Waals surface area contributed by atoms with Crippen molar-refractivity contribution in [2.75, 3.05) is 5.88 Å². The Balaban J connectivity index is 0.000000121. The maximum atomic E-state index is 12.8. The third kappa shape index (κ3) is 16.2. The average molecular weight is 1330 g/mol. The summed E-state index contributed by atoms with van der Waals surface area (Å²) in [6.07, 6.45) is 15.3. The standard InChI is InChI=1S/C20H17N5O2.C12H13ClN2O2.C12H11ClN2O.C10H12N2O.C10H9N.C8H7N3O/c1-12-6-7-21-19-17(12)20(26)25(11-22-19)10-16-23-18(24-27-16)15-8-13-4-2-3-5-14(13)9-15;13-7-11(16)17-15-12(14)10-5-8-3-1-2-4-9(8)6-10;13-7-11-14-12(15-16-11)10-5-8-3-1-2-4-9(8)6-10;11-10(12-13)9-5-7-3-1-2-4-8(7)6-9;11-7-8-5-9-3-1-2-4-10(9)6-8;1-5-2-3-9-7-6(5)8(12)11-4-10-7/h2-7,11,15H,8-10H2,1H3;1-4,10H,5-7H2,(H2,14,15);1-4,10H,5-7H2;1-4,9,13H,5-6H2,(H2,11,12);1-4,8H,5-6H2;2-4H,1H3,(H,9,10,11,12). The summed E-state index contributed by atoms with van der Waals surface area (Å²) < 4.78 is 11.9. The van der Waals surface area contributed by atoms with Crippen molar-refractivity contribution in [2.24, 2.45) is 39.5 Å². The monoisotopic (exact) mass is 1330 g/mol. The number of aromatic nitrogens is 10. The highest BCUT2D eigenvalue weighted by Crippen LogP contribution is 2.34. The molecule has 0 spiro atoms. The van der Waals surface area contributed by atoms with Gasteiger partial charge in [0, 0.05) is 36.1 Å². The van der Waals surface area contributed by atoms with Crippen molar-refractivity contribution in [2.45, 2.75) is 102 Å². The molecule has 5 aliphatic rings. The number of nitriles is 1. The van der Waals surface area contributed by atoms with Gasteiger partial charge in [0.2, 0.25) is 11.8 Å². The van der Waals surface area contributed by atoms with Gasteiger partial charge in [0.1, 0.15) is 36.3 Å². The lowest BCUT2D eigenvalue weighted by atomic mass is 10.1. The van der Waals surface area contributed by atoms with Crippen molar-refractivity contribution in [3.05, 3.63) is 269 Å². The van der Waals surface area contributed by atoms with Gasteiger partial charge in [-0.25, -0.2) is 24.7 Å². The Hall–Kier alpha value is -10.8. The first-order valence-corrected chi connectivity index (χ1v) is 32.4. The van der Waals surface area contributed by atoms with Crippen LogP contribution in [-0.4, -0.2) is 78.5 Å². The zero-order valence-corrected chi connectivity index (χ0v) is 54.3. The number of fused-ring (bicyclic) bond motifs is 7. The van der Waals surface area contributed by atoms with Crippen molar-refractivity contribution >= 4 is 62.9 Å². The largest absolute Gasteiger partial charge is 0.409 e. The number of rotatable bonds is 9. The first kappa shape index (κ1) is 66.7. The molecule has 0 saturated heterocycles. The minimum atomic E-state index is -0.592. The van der Waals surface area contributed by atoms with Crippen LogP contribution in [0, 0.1) is 42.9 Å². The molecule has 0 atom stereocenters. The number of oxime groups is 2. The van der Waals surface area contributed by atoms with Gasteiger partial charge in [-0.2, -0.15) is 15.2 Å². The van der Waals surface area contributed by atoms with Crippen LogP contribution in [-0.2, 0) is 86.3 Å². The number of alkyl halides is 2. The third-order valence-corrected chi connectivity index (χ3v) is 18.0.